The van der Waals surface area contributed by atoms with E-state index >= 15 is 0 Å². The van der Waals surface area contributed by atoms with Gasteiger partial charge in [-0.1, -0.05) is 0 Å². The molecule has 0 spiro atoms. The van der Waals surface area contributed by atoms with Gasteiger partial charge in [-0.2, -0.15) is 0 Å². The van der Waals surface area contributed by atoms with Crippen molar-refractivity contribution in [2.75, 3.05) is 31.6 Å². The highest BCUT2D eigenvalue weighted by Crippen LogP contribution is 2.31. The van der Waals surface area contributed by atoms with Gasteiger partial charge in [-0.3, -0.25) is 4.98 Å². The van der Waals surface area contributed by atoms with Gasteiger partial charge in [0.2, 0.25) is 0 Å². The van der Waals surface area contributed by atoms with Gasteiger partial charge in [0, 0.05) is 30.4 Å². The number of pyridine rings is 1. The van der Waals surface area contributed by atoms with Crippen LogP contribution in [0.4, 0.5) is 5.69 Å². The Morgan fingerprint density at radius 3 is 3.05 bits per heavy atom. The lowest BCUT2D eigenvalue weighted by Gasteiger charge is -2.20. The van der Waals surface area contributed by atoms with E-state index in [2.05, 4.69) is 22.0 Å². The van der Waals surface area contributed by atoms with Gasteiger partial charge in [0.1, 0.15) is 5.75 Å². The van der Waals surface area contributed by atoms with Crippen molar-refractivity contribution >= 4 is 16.6 Å². The zero-order chi connectivity index (χ0) is 13.2. The Balaban J connectivity index is 2.03. The molecule has 100 valence electrons. The number of fused-ring (bicyclic) bond motifs is 1. The van der Waals surface area contributed by atoms with Crippen LogP contribution in [0, 0.1) is 5.92 Å². The van der Waals surface area contributed by atoms with Crippen LogP contribution in [-0.2, 0) is 0 Å². The Morgan fingerprint density at radius 2 is 2.32 bits per heavy atom. The summed E-state index contributed by atoms with van der Waals surface area (Å²) in [7, 11) is 1.69. The molecule has 4 nitrogen and oxygen atoms in total. The first-order chi connectivity index (χ1) is 9.31. The average molecular weight is 257 g/mol. The Labute approximate surface area is 113 Å². The van der Waals surface area contributed by atoms with Crippen LogP contribution in [-0.4, -0.2) is 31.7 Å². The van der Waals surface area contributed by atoms with Gasteiger partial charge in [0.15, 0.2) is 0 Å². The molecule has 1 aliphatic heterocycles. The molecule has 1 atom stereocenters. The fourth-order valence-corrected chi connectivity index (χ4v) is 2.76. The minimum atomic E-state index is 0.605. The zero-order valence-electron chi connectivity index (χ0n) is 11.2. The minimum Gasteiger partial charge on any atom is -0.497 e. The largest absolute Gasteiger partial charge is 0.497 e. The summed E-state index contributed by atoms with van der Waals surface area (Å²) in [6.45, 7) is 2.87. The third-order valence-corrected chi connectivity index (χ3v) is 3.89. The summed E-state index contributed by atoms with van der Waals surface area (Å²) in [6, 6.07) is 8.11. The molecule has 4 heteroatoms. The van der Waals surface area contributed by atoms with E-state index in [-0.39, 0.29) is 0 Å². The normalized spacial score (nSPS) is 19.1. The summed E-state index contributed by atoms with van der Waals surface area (Å²) in [5, 5.41) is 1.15. The number of nitrogens with two attached hydrogens (primary N) is 1. The molecule has 0 aliphatic carbocycles. The summed E-state index contributed by atoms with van der Waals surface area (Å²) >= 11 is 0. The van der Waals surface area contributed by atoms with E-state index in [0.29, 0.717) is 5.92 Å². The molecule has 1 aromatic heterocycles. The molecular formula is C15H19N3O. The van der Waals surface area contributed by atoms with Crippen LogP contribution in [0.2, 0.25) is 0 Å². The predicted molar refractivity (Wildman–Crippen MR) is 77.7 cm³/mol. The Bertz CT molecular complexity index is 585. The predicted octanol–water partition coefficient (Wildman–Crippen LogP) is 2.03. The SMILES string of the molecule is COc1ccc2nccc(N3CC[C@@H](CN)C3)c2c1. The summed E-state index contributed by atoms with van der Waals surface area (Å²) in [5.41, 5.74) is 8.02. The summed E-state index contributed by atoms with van der Waals surface area (Å²) in [5.74, 6) is 1.48. The number of aromatic nitrogens is 1. The van der Waals surface area contributed by atoms with E-state index in [1.807, 2.05) is 18.3 Å². The van der Waals surface area contributed by atoms with Crippen molar-refractivity contribution in [1.82, 2.24) is 4.98 Å². The highest BCUT2D eigenvalue weighted by atomic mass is 16.5. The maximum atomic E-state index is 5.77. The van der Waals surface area contributed by atoms with Crippen molar-refractivity contribution < 1.29 is 4.74 Å². The molecule has 1 aliphatic rings. The number of methoxy groups -OCH3 is 1. The molecule has 0 amide bonds. The second-order valence-electron chi connectivity index (χ2n) is 5.05. The first-order valence-electron chi connectivity index (χ1n) is 6.69. The van der Waals surface area contributed by atoms with Crippen LogP contribution in [0.5, 0.6) is 5.75 Å². The Hall–Kier alpha value is -1.81. The standard InChI is InChI=1S/C15H19N3O/c1-19-12-2-3-14-13(8-12)15(4-6-17-14)18-7-5-11(9-16)10-18/h2-4,6,8,11H,5,7,9-10,16H2,1H3/t11-/m0/s1. The lowest BCUT2D eigenvalue weighted by molar-refractivity contribution is 0.415. The number of benzene rings is 1. The third kappa shape index (κ3) is 2.24. The van der Waals surface area contributed by atoms with Crippen molar-refractivity contribution in [1.29, 1.82) is 0 Å². The second kappa shape index (κ2) is 5.05. The molecule has 0 radical (unpaired) electrons. The first-order valence-corrected chi connectivity index (χ1v) is 6.69. The number of ether oxygens (including phenoxy) is 1. The van der Waals surface area contributed by atoms with Gasteiger partial charge in [-0.05, 0) is 43.1 Å². The van der Waals surface area contributed by atoms with Gasteiger partial charge in [0.25, 0.3) is 0 Å². The van der Waals surface area contributed by atoms with Crippen LogP contribution in [0.15, 0.2) is 30.5 Å². The lowest BCUT2D eigenvalue weighted by atomic mass is 10.1. The van der Waals surface area contributed by atoms with Crippen LogP contribution in [0.1, 0.15) is 6.42 Å². The van der Waals surface area contributed by atoms with Crippen LogP contribution in [0.3, 0.4) is 0 Å². The van der Waals surface area contributed by atoms with Crippen molar-refractivity contribution in [2.45, 2.75) is 6.42 Å². The van der Waals surface area contributed by atoms with E-state index in [1.54, 1.807) is 7.11 Å². The maximum absolute atomic E-state index is 5.77. The van der Waals surface area contributed by atoms with Gasteiger partial charge in [-0.15, -0.1) is 0 Å². The van der Waals surface area contributed by atoms with Crippen molar-refractivity contribution in [3.8, 4) is 5.75 Å². The minimum absolute atomic E-state index is 0.605. The van der Waals surface area contributed by atoms with Gasteiger partial charge < -0.3 is 15.4 Å². The van der Waals surface area contributed by atoms with Gasteiger partial charge in [-0.25, -0.2) is 0 Å². The van der Waals surface area contributed by atoms with Gasteiger partial charge >= 0.3 is 0 Å². The molecular weight excluding hydrogens is 238 g/mol. The molecule has 0 bridgehead atoms. The zero-order valence-corrected chi connectivity index (χ0v) is 11.2. The summed E-state index contributed by atoms with van der Waals surface area (Å²) in [4.78, 5) is 6.82. The van der Waals surface area contributed by atoms with Crippen LogP contribution in [0.25, 0.3) is 10.9 Å². The van der Waals surface area contributed by atoms with E-state index < -0.39 is 0 Å². The lowest BCUT2D eigenvalue weighted by Crippen LogP contribution is -2.22. The van der Waals surface area contributed by atoms with Crippen LogP contribution < -0.4 is 15.4 Å². The monoisotopic (exact) mass is 257 g/mol. The molecule has 19 heavy (non-hydrogen) atoms. The molecule has 3 rings (SSSR count). The fourth-order valence-electron chi connectivity index (χ4n) is 2.76. The molecule has 0 unspecified atom stereocenters. The number of hydrogen-bond donors (Lipinski definition) is 1. The van der Waals surface area contributed by atoms with Crippen molar-refractivity contribution in [3.05, 3.63) is 30.5 Å². The Kier molecular flexibility index (Phi) is 3.25. The molecule has 0 saturated carbocycles. The topological polar surface area (TPSA) is 51.4 Å². The quantitative estimate of drug-likeness (QED) is 0.914. The first kappa shape index (κ1) is 12.2. The fraction of sp³-hybridized carbons (Fsp3) is 0.400. The second-order valence-corrected chi connectivity index (χ2v) is 5.05. The van der Waals surface area contributed by atoms with Crippen LogP contribution >= 0.6 is 0 Å². The van der Waals surface area contributed by atoms with E-state index in [9.17, 15) is 0 Å². The van der Waals surface area contributed by atoms with Gasteiger partial charge in [0.05, 0.1) is 12.6 Å². The summed E-state index contributed by atoms with van der Waals surface area (Å²) < 4.78 is 5.32. The maximum Gasteiger partial charge on any atom is 0.119 e. The summed E-state index contributed by atoms with van der Waals surface area (Å²) in [6.07, 6.45) is 3.05. The highest BCUT2D eigenvalue weighted by molar-refractivity contribution is 5.92. The van der Waals surface area contributed by atoms with E-state index in [4.69, 9.17) is 10.5 Å². The van der Waals surface area contributed by atoms with Crippen molar-refractivity contribution in [3.63, 3.8) is 0 Å². The van der Waals surface area contributed by atoms with E-state index in [0.717, 1.165) is 36.3 Å². The molecule has 1 aromatic carbocycles. The van der Waals surface area contributed by atoms with Crippen molar-refractivity contribution in [2.24, 2.45) is 11.7 Å². The number of anilines is 1. The molecule has 2 N–H and O–H groups in total. The number of nitrogens with zero attached hydrogens (tertiary/aromatic N) is 2. The highest BCUT2D eigenvalue weighted by Gasteiger charge is 2.22. The average Bonchev–Trinajstić information content (AvgIpc) is 2.94. The molecule has 2 heterocycles. The number of hydrogen-bond acceptors (Lipinski definition) is 4. The Morgan fingerprint density at radius 1 is 1.42 bits per heavy atom. The number of rotatable bonds is 3. The smallest absolute Gasteiger partial charge is 0.119 e. The molecule has 1 fully saturated rings. The molecule has 1 saturated heterocycles. The third-order valence-electron chi connectivity index (χ3n) is 3.89. The van der Waals surface area contributed by atoms with E-state index in [1.165, 1.54) is 12.1 Å². The molecule has 2 aromatic rings.